The summed E-state index contributed by atoms with van der Waals surface area (Å²) in [4.78, 5) is 0. The summed E-state index contributed by atoms with van der Waals surface area (Å²) in [5.41, 5.74) is 7.58. The van der Waals surface area contributed by atoms with Gasteiger partial charge in [0, 0.05) is 6.04 Å². The summed E-state index contributed by atoms with van der Waals surface area (Å²) in [6.07, 6.45) is 6.57. The third kappa shape index (κ3) is 3.02. The second-order valence-corrected chi connectivity index (χ2v) is 5.67. The van der Waals surface area contributed by atoms with E-state index < -0.39 is 0 Å². The van der Waals surface area contributed by atoms with Crippen molar-refractivity contribution in [1.82, 2.24) is 0 Å². The minimum Gasteiger partial charge on any atom is -0.496 e. The van der Waals surface area contributed by atoms with Gasteiger partial charge in [-0.15, -0.1) is 0 Å². The molecule has 2 nitrogen and oxygen atoms in total. The van der Waals surface area contributed by atoms with Gasteiger partial charge in [0.25, 0.3) is 0 Å². The number of nitrogens with two attached hydrogens (primary N) is 1. The maximum Gasteiger partial charge on any atom is 0.133 e. The number of hydrogen-bond donors (Lipinski definition) is 1. The Hall–Kier alpha value is -0.540. The largest absolute Gasteiger partial charge is 0.496 e. The molecule has 0 amide bonds. The van der Waals surface area contributed by atoms with Gasteiger partial charge in [-0.1, -0.05) is 25.3 Å². The molecule has 3 heteroatoms. The Bertz CT molecular complexity index is 374. The van der Waals surface area contributed by atoms with Gasteiger partial charge in [0.15, 0.2) is 0 Å². The van der Waals surface area contributed by atoms with E-state index >= 15 is 0 Å². The second kappa shape index (κ2) is 5.87. The van der Waals surface area contributed by atoms with E-state index in [9.17, 15) is 0 Å². The van der Waals surface area contributed by atoms with E-state index in [1.54, 1.807) is 7.11 Å². The third-order valence-electron chi connectivity index (χ3n) is 3.72. The first-order chi connectivity index (χ1) is 8.22. The quantitative estimate of drug-likeness (QED) is 0.914. The van der Waals surface area contributed by atoms with Crippen molar-refractivity contribution < 1.29 is 4.74 Å². The normalized spacial score (nSPS) is 19.0. The molecule has 1 fully saturated rings. The molecule has 0 aromatic heterocycles. The molecule has 2 rings (SSSR count). The van der Waals surface area contributed by atoms with Crippen LogP contribution in [0.2, 0.25) is 0 Å². The van der Waals surface area contributed by atoms with Crippen molar-refractivity contribution in [2.45, 2.75) is 38.1 Å². The van der Waals surface area contributed by atoms with Crippen LogP contribution in [0.4, 0.5) is 0 Å². The minimum atomic E-state index is 0.164. The highest BCUT2D eigenvalue weighted by Gasteiger charge is 2.22. The first-order valence-electron chi connectivity index (χ1n) is 6.31. The highest BCUT2D eigenvalue weighted by Crippen LogP contribution is 2.35. The standard InChI is InChI=1S/C14H20BrNO/c1-17-13-8-7-11(9-12(13)15)14(16)10-5-3-2-4-6-10/h7-10,14H,2-6,16H2,1H3/t14-/m0/s1. The Labute approximate surface area is 112 Å². The second-order valence-electron chi connectivity index (χ2n) is 4.82. The van der Waals surface area contributed by atoms with Crippen LogP contribution in [0.5, 0.6) is 5.75 Å². The van der Waals surface area contributed by atoms with Crippen molar-refractivity contribution in [3.8, 4) is 5.75 Å². The van der Waals surface area contributed by atoms with Crippen LogP contribution in [0.15, 0.2) is 22.7 Å². The topological polar surface area (TPSA) is 35.2 Å². The van der Waals surface area contributed by atoms with Crippen molar-refractivity contribution in [1.29, 1.82) is 0 Å². The zero-order valence-electron chi connectivity index (χ0n) is 10.3. The van der Waals surface area contributed by atoms with Gasteiger partial charge in [-0.25, -0.2) is 0 Å². The molecule has 0 radical (unpaired) electrons. The summed E-state index contributed by atoms with van der Waals surface area (Å²) in [6, 6.07) is 6.33. The predicted molar refractivity (Wildman–Crippen MR) is 74.2 cm³/mol. The maximum absolute atomic E-state index is 6.37. The van der Waals surface area contributed by atoms with Crippen molar-refractivity contribution in [3.63, 3.8) is 0 Å². The molecule has 0 spiro atoms. The van der Waals surface area contributed by atoms with Crippen molar-refractivity contribution in [2.24, 2.45) is 11.7 Å². The molecule has 0 heterocycles. The molecule has 1 atom stereocenters. The molecule has 0 bridgehead atoms. The Morgan fingerprint density at radius 2 is 2.00 bits per heavy atom. The lowest BCUT2D eigenvalue weighted by atomic mass is 9.81. The summed E-state index contributed by atoms with van der Waals surface area (Å²) in [7, 11) is 1.68. The van der Waals surface area contributed by atoms with E-state index in [-0.39, 0.29) is 6.04 Å². The zero-order chi connectivity index (χ0) is 12.3. The number of ether oxygens (including phenoxy) is 1. The van der Waals surface area contributed by atoms with Gasteiger partial charge in [-0.3, -0.25) is 0 Å². The van der Waals surface area contributed by atoms with Gasteiger partial charge in [0.1, 0.15) is 5.75 Å². The van der Waals surface area contributed by atoms with Gasteiger partial charge in [0.05, 0.1) is 11.6 Å². The number of rotatable bonds is 3. The van der Waals surface area contributed by atoms with E-state index in [1.165, 1.54) is 37.7 Å². The fourth-order valence-corrected chi connectivity index (χ4v) is 3.21. The van der Waals surface area contributed by atoms with E-state index in [0.717, 1.165) is 10.2 Å². The monoisotopic (exact) mass is 297 g/mol. The number of hydrogen-bond acceptors (Lipinski definition) is 2. The Morgan fingerprint density at radius 3 is 2.59 bits per heavy atom. The van der Waals surface area contributed by atoms with E-state index in [0.29, 0.717) is 5.92 Å². The summed E-state index contributed by atoms with van der Waals surface area (Å²) in [5.74, 6) is 1.51. The van der Waals surface area contributed by atoms with Crippen LogP contribution in [-0.4, -0.2) is 7.11 Å². The SMILES string of the molecule is COc1ccc([C@@H](N)C2CCCCC2)cc1Br. The average molecular weight is 298 g/mol. The first-order valence-corrected chi connectivity index (χ1v) is 7.10. The van der Waals surface area contributed by atoms with Crippen LogP contribution in [0.1, 0.15) is 43.7 Å². The lowest BCUT2D eigenvalue weighted by Crippen LogP contribution is -2.23. The van der Waals surface area contributed by atoms with Gasteiger partial charge in [-0.2, -0.15) is 0 Å². The van der Waals surface area contributed by atoms with Crippen LogP contribution in [-0.2, 0) is 0 Å². The van der Waals surface area contributed by atoms with Crippen LogP contribution in [0, 0.1) is 5.92 Å². The van der Waals surface area contributed by atoms with Crippen molar-refractivity contribution >= 4 is 15.9 Å². The molecular formula is C14H20BrNO. The molecule has 94 valence electrons. The summed E-state index contributed by atoms with van der Waals surface area (Å²) in [6.45, 7) is 0. The fourth-order valence-electron chi connectivity index (χ4n) is 2.66. The molecule has 2 N–H and O–H groups in total. The Balaban J connectivity index is 2.12. The molecule has 1 saturated carbocycles. The summed E-state index contributed by atoms with van der Waals surface area (Å²) >= 11 is 3.52. The lowest BCUT2D eigenvalue weighted by Gasteiger charge is -2.28. The molecule has 0 aliphatic heterocycles. The highest BCUT2D eigenvalue weighted by molar-refractivity contribution is 9.10. The van der Waals surface area contributed by atoms with E-state index in [1.807, 2.05) is 6.07 Å². The first kappa shape index (κ1) is 12.9. The maximum atomic E-state index is 6.37. The van der Waals surface area contributed by atoms with Gasteiger partial charge in [-0.05, 0) is 52.4 Å². The number of halogens is 1. The van der Waals surface area contributed by atoms with Gasteiger partial charge in [0.2, 0.25) is 0 Å². The molecule has 17 heavy (non-hydrogen) atoms. The predicted octanol–water partition coefficient (Wildman–Crippen LogP) is 4.04. The molecular weight excluding hydrogens is 278 g/mol. The number of benzene rings is 1. The number of methoxy groups -OCH3 is 1. The fraction of sp³-hybridized carbons (Fsp3) is 0.571. The third-order valence-corrected chi connectivity index (χ3v) is 4.34. The van der Waals surface area contributed by atoms with Gasteiger partial charge < -0.3 is 10.5 Å². The molecule has 0 saturated heterocycles. The molecule has 0 unspecified atom stereocenters. The van der Waals surface area contributed by atoms with Gasteiger partial charge >= 0.3 is 0 Å². The molecule has 1 aromatic rings. The molecule has 1 aliphatic carbocycles. The molecule has 1 aliphatic rings. The smallest absolute Gasteiger partial charge is 0.133 e. The Kier molecular flexibility index (Phi) is 4.46. The van der Waals surface area contributed by atoms with Crippen molar-refractivity contribution in [2.75, 3.05) is 7.11 Å². The van der Waals surface area contributed by atoms with E-state index in [2.05, 4.69) is 28.1 Å². The minimum absolute atomic E-state index is 0.164. The Morgan fingerprint density at radius 1 is 1.29 bits per heavy atom. The average Bonchev–Trinajstić information content (AvgIpc) is 2.39. The van der Waals surface area contributed by atoms with Crippen LogP contribution < -0.4 is 10.5 Å². The highest BCUT2D eigenvalue weighted by atomic mass is 79.9. The van der Waals surface area contributed by atoms with Crippen LogP contribution in [0.3, 0.4) is 0 Å². The van der Waals surface area contributed by atoms with E-state index in [4.69, 9.17) is 10.5 Å². The van der Waals surface area contributed by atoms with Crippen molar-refractivity contribution in [3.05, 3.63) is 28.2 Å². The lowest BCUT2D eigenvalue weighted by molar-refractivity contribution is 0.308. The van der Waals surface area contributed by atoms with Crippen LogP contribution in [0.25, 0.3) is 0 Å². The van der Waals surface area contributed by atoms with Crippen LogP contribution >= 0.6 is 15.9 Å². The zero-order valence-corrected chi connectivity index (χ0v) is 11.9. The summed E-state index contributed by atoms with van der Waals surface area (Å²) < 4.78 is 6.23. The summed E-state index contributed by atoms with van der Waals surface area (Å²) in [5, 5.41) is 0. The molecule has 1 aromatic carbocycles.